The van der Waals surface area contributed by atoms with Crippen molar-refractivity contribution in [1.29, 1.82) is 5.41 Å². The topological polar surface area (TPSA) is 208 Å². The van der Waals surface area contributed by atoms with Crippen molar-refractivity contribution in [2.75, 3.05) is 6.61 Å². The molecular weight excluding hydrogens is 553 g/mol. The van der Waals surface area contributed by atoms with Crippen molar-refractivity contribution in [1.82, 2.24) is 39.9 Å². The van der Waals surface area contributed by atoms with Crippen molar-refractivity contribution < 1.29 is 24.2 Å². The van der Waals surface area contributed by atoms with Gasteiger partial charge in [-0.2, -0.15) is 0 Å². The van der Waals surface area contributed by atoms with Crippen molar-refractivity contribution in [3.8, 4) is 11.4 Å². The maximum Gasteiger partial charge on any atom is 0.354 e. The lowest BCUT2D eigenvalue weighted by Crippen LogP contribution is -2.12. The predicted octanol–water partition coefficient (Wildman–Crippen LogP) is 3.06. The smallest absolute Gasteiger partial charge is 0.354 e. The maximum absolute atomic E-state index is 11.3. The third kappa shape index (κ3) is 13.9. The normalized spacial score (nSPS) is 8.87. The van der Waals surface area contributed by atoms with Crippen LogP contribution in [0.5, 0.6) is 0 Å². The van der Waals surface area contributed by atoms with Crippen molar-refractivity contribution in [2.45, 2.75) is 13.3 Å². The van der Waals surface area contributed by atoms with Crippen LogP contribution in [-0.2, 0) is 9.53 Å². The van der Waals surface area contributed by atoms with Crippen LogP contribution in [0, 0.1) is 5.41 Å². The number of halogens is 2. The molecule has 0 saturated heterocycles. The molecule has 4 heterocycles. The van der Waals surface area contributed by atoms with Gasteiger partial charge in [0.1, 0.15) is 42.6 Å². The summed E-state index contributed by atoms with van der Waals surface area (Å²) in [4.78, 5) is 62.4. The third-order valence-electron chi connectivity index (χ3n) is 3.76. The predicted molar refractivity (Wildman–Crippen MR) is 142 cm³/mol. The van der Waals surface area contributed by atoms with Crippen LogP contribution in [0.1, 0.15) is 34.3 Å². The minimum Gasteiger partial charge on any atom is -0.477 e. The number of ketones is 1. The monoisotopic (exact) mass is 575 g/mol. The summed E-state index contributed by atoms with van der Waals surface area (Å²) in [6.07, 6.45) is 9.54. The number of carbonyl (C=O) groups is 3. The second-order valence-corrected chi connectivity index (χ2v) is 6.61. The summed E-state index contributed by atoms with van der Waals surface area (Å²) in [5, 5.41) is 14.2. The lowest BCUT2D eigenvalue weighted by atomic mass is 10.2. The van der Waals surface area contributed by atoms with Gasteiger partial charge in [0.05, 0.1) is 18.0 Å². The molecule has 0 aliphatic rings. The van der Waals surface area contributed by atoms with E-state index in [0.29, 0.717) is 10.8 Å². The zero-order chi connectivity index (χ0) is 28.2. The molecule has 0 aliphatic carbocycles. The number of nitrogens with one attached hydrogen (secondary N) is 1. The van der Waals surface area contributed by atoms with E-state index in [1.165, 1.54) is 49.8 Å². The average Bonchev–Trinajstić information content (AvgIpc) is 2.96. The number of esters is 1. The number of ether oxygens (including phenoxy) is 1. The van der Waals surface area contributed by atoms with Crippen LogP contribution in [0.2, 0.25) is 5.15 Å². The fraction of sp³-hybridized carbons (Fsp3) is 0.130. The van der Waals surface area contributed by atoms with Gasteiger partial charge in [0, 0.05) is 24.7 Å². The Morgan fingerprint density at radius 3 is 1.82 bits per heavy atom. The molecule has 4 aromatic rings. The molecule has 4 rings (SSSR count). The number of rotatable bonds is 6. The van der Waals surface area contributed by atoms with Crippen molar-refractivity contribution in [2.24, 2.45) is 0 Å². The van der Waals surface area contributed by atoms with Gasteiger partial charge in [0.15, 0.2) is 11.5 Å². The molecule has 4 aromatic heterocycles. The first-order valence-electron chi connectivity index (χ1n) is 10.4. The number of Topliss-reactive ketones (excluding diaryl/α,β-unsaturated/α-hetero) is 1. The molecule has 39 heavy (non-hydrogen) atoms. The molecule has 0 amide bonds. The summed E-state index contributed by atoms with van der Waals surface area (Å²) in [7, 11) is 0. The van der Waals surface area contributed by atoms with Gasteiger partial charge < -0.3 is 15.3 Å². The van der Waals surface area contributed by atoms with Crippen molar-refractivity contribution in [3.63, 3.8) is 0 Å². The summed E-state index contributed by atoms with van der Waals surface area (Å²) in [6, 6.07) is 6.21. The highest BCUT2D eigenvalue weighted by Crippen LogP contribution is 2.14. The number of carboxylic acid groups (broad SMARTS) is 1. The van der Waals surface area contributed by atoms with Crippen LogP contribution in [0.15, 0.2) is 68.2 Å². The van der Waals surface area contributed by atoms with Crippen LogP contribution in [-0.4, -0.2) is 76.0 Å². The second kappa shape index (κ2) is 20.3. The van der Waals surface area contributed by atoms with Gasteiger partial charge in [0.2, 0.25) is 0 Å². The average molecular weight is 576 g/mol. The minimum absolute atomic E-state index is 0. The maximum atomic E-state index is 11.3. The molecule has 0 fully saturated rings. The van der Waals surface area contributed by atoms with E-state index >= 15 is 0 Å². The molecule has 0 aliphatic heterocycles. The van der Waals surface area contributed by atoms with E-state index in [-0.39, 0.29) is 42.6 Å². The molecule has 0 atom stereocenters. The Kier molecular flexibility index (Phi) is 17.8. The Morgan fingerprint density at radius 1 is 0.846 bits per heavy atom. The van der Waals surface area contributed by atoms with Crippen molar-refractivity contribution >= 4 is 48.4 Å². The molecule has 16 heteroatoms. The Bertz CT molecular complexity index is 1270. The lowest BCUT2D eigenvalue weighted by molar-refractivity contribution is -0.141. The summed E-state index contributed by atoms with van der Waals surface area (Å²) in [6.45, 7) is 4.46. The number of nitrogens with zero attached hydrogens (tertiary/aromatic N) is 8. The van der Waals surface area contributed by atoms with E-state index in [1.807, 2.05) is 0 Å². The molecule has 2 N–H and O–H groups in total. The highest BCUT2D eigenvalue weighted by molar-refractivity contribution is 6.29. The standard InChI is InChI=1S/C9H10N2O3.C8H5ClN4.C5H4N2O2.CH3N.ClH/c1-2-14-9(13)5-8(12)7-3-4-10-6-11-7;9-8-3-7(12-5-13-8)6-1-2-10-4-11-6;8-5(9)4-1-2-6-3-7-4;1-2;/h3-4,6H,2,5H2,1H3;1-5H;1-3H,(H,8,9);2H,1H2;1H. The van der Waals surface area contributed by atoms with Crippen molar-refractivity contribution in [3.05, 3.63) is 84.7 Å². The van der Waals surface area contributed by atoms with Crippen LogP contribution in [0.3, 0.4) is 0 Å². The Hall–Kier alpha value is -4.82. The van der Waals surface area contributed by atoms with E-state index in [1.54, 1.807) is 25.3 Å². The molecular formula is C23H23Cl2N9O5. The van der Waals surface area contributed by atoms with Gasteiger partial charge >= 0.3 is 11.9 Å². The van der Waals surface area contributed by atoms with E-state index in [4.69, 9.17) is 22.1 Å². The van der Waals surface area contributed by atoms with Crippen LogP contribution in [0.25, 0.3) is 11.4 Å². The summed E-state index contributed by atoms with van der Waals surface area (Å²) in [5.41, 5.74) is 1.68. The number of aromatic nitrogens is 8. The number of carbonyl (C=O) groups excluding carboxylic acids is 2. The molecule has 0 saturated carbocycles. The highest BCUT2D eigenvalue weighted by atomic mass is 35.5. The minimum atomic E-state index is -1.03. The van der Waals surface area contributed by atoms with E-state index in [2.05, 4.69) is 51.3 Å². The van der Waals surface area contributed by atoms with Gasteiger partial charge in [-0.15, -0.1) is 12.4 Å². The number of aromatic carboxylic acids is 1. The quantitative estimate of drug-likeness (QED) is 0.111. The van der Waals surface area contributed by atoms with E-state index < -0.39 is 11.9 Å². The van der Waals surface area contributed by atoms with Crippen LogP contribution < -0.4 is 0 Å². The molecule has 0 bridgehead atoms. The van der Waals surface area contributed by atoms with E-state index in [9.17, 15) is 14.4 Å². The van der Waals surface area contributed by atoms with Gasteiger partial charge in [-0.05, 0) is 31.8 Å². The number of hydrogen-bond donors (Lipinski definition) is 2. The molecule has 0 radical (unpaired) electrons. The molecule has 0 spiro atoms. The fourth-order valence-corrected chi connectivity index (χ4v) is 2.37. The first kappa shape index (κ1) is 34.2. The fourth-order valence-electron chi connectivity index (χ4n) is 2.22. The molecule has 204 valence electrons. The van der Waals surface area contributed by atoms with Gasteiger partial charge in [-0.1, -0.05) is 11.6 Å². The Balaban J connectivity index is 0.000000542. The summed E-state index contributed by atoms with van der Waals surface area (Å²) in [5.74, 6) is -1.92. The summed E-state index contributed by atoms with van der Waals surface area (Å²) >= 11 is 5.70. The molecule has 0 unspecified atom stereocenters. The van der Waals surface area contributed by atoms with Crippen LogP contribution >= 0.6 is 24.0 Å². The zero-order valence-corrected chi connectivity index (χ0v) is 22.0. The molecule has 0 aromatic carbocycles. The number of hydrogen-bond acceptors (Lipinski definition) is 13. The lowest BCUT2D eigenvalue weighted by Gasteiger charge is -1.99. The first-order chi connectivity index (χ1) is 18.4. The Labute approximate surface area is 233 Å². The van der Waals surface area contributed by atoms with E-state index in [0.717, 1.165) is 5.69 Å². The highest BCUT2D eigenvalue weighted by Gasteiger charge is 2.13. The van der Waals surface area contributed by atoms with Crippen LogP contribution in [0.4, 0.5) is 0 Å². The first-order valence-corrected chi connectivity index (χ1v) is 10.8. The second-order valence-electron chi connectivity index (χ2n) is 6.22. The molecule has 14 nitrogen and oxygen atoms in total. The zero-order valence-electron chi connectivity index (χ0n) is 20.4. The third-order valence-corrected chi connectivity index (χ3v) is 3.96. The summed E-state index contributed by atoms with van der Waals surface area (Å²) < 4.78 is 4.63. The van der Waals surface area contributed by atoms with Gasteiger partial charge in [-0.3, -0.25) is 9.59 Å². The van der Waals surface area contributed by atoms with Gasteiger partial charge in [0.25, 0.3) is 0 Å². The number of carboxylic acids is 1. The van der Waals surface area contributed by atoms with Gasteiger partial charge in [-0.25, -0.2) is 44.7 Å². The Morgan fingerprint density at radius 2 is 1.38 bits per heavy atom. The largest absolute Gasteiger partial charge is 0.477 e. The SMILES string of the molecule is C=N.CCOC(=O)CC(=O)c1ccncn1.Cl.Clc1cc(-c2ccncn2)ncn1.O=C(O)c1ccncn1.